The lowest BCUT2D eigenvalue weighted by atomic mass is 10.1. The lowest BCUT2D eigenvalue weighted by Crippen LogP contribution is -2.28. The highest BCUT2D eigenvalue weighted by atomic mass is 16.5. The van der Waals surface area contributed by atoms with Crippen molar-refractivity contribution in [2.75, 3.05) is 13.7 Å². The molecule has 0 saturated carbocycles. The molecule has 20 heavy (non-hydrogen) atoms. The van der Waals surface area contributed by atoms with Crippen molar-refractivity contribution in [3.63, 3.8) is 0 Å². The first-order valence-electron chi connectivity index (χ1n) is 6.63. The lowest BCUT2D eigenvalue weighted by Gasteiger charge is -2.12. The van der Waals surface area contributed by atoms with Crippen LogP contribution in [0.25, 0.3) is 11.0 Å². The summed E-state index contributed by atoms with van der Waals surface area (Å²) in [4.78, 5) is 11.6. The van der Waals surface area contributed by atoms with Gasteiger partial charge >= 0.3 is 0 Å². The molecule has 0 aliphatic carbocycles. The molecule has 0 radical (unpaired) electrons. The maximum absolute atomic E-state index is 11.6. The van der Waals surface area contributed by atoms with E-state index in [1.54, 1.807) is 7.11 Å². The van der Waals surface area contributed by atoms with E-state index in [-0.39, 0.29) is 11.9 Å². The molecule has 1 aromatic heterocycles. The summed E-state index contributed by atoms with van der Waals surface area (Å²) in [5.41, 5.74) is 7.17. The van der Waals surface area contributed by atoms with Gasteiger partial charge in [0, 0.05) is 23.9 Å². The van der Waals surface area contributed by atoms with Crippen LogP contribution in [0.1, 0.15) is 30.7 Å². The van der Waals surface area contributed by atoms with Gasteiger partial charge in [0.15, 0.2) is 0 Å². The number of rotatable bonds is 5. The van der Waals surface area contributed by atoms with E-state index in [1.807, 2.05) is 32.0 Å². The average molecular weight is 276 g/mol. The average Bonchev–Trinajstić information content (AvgIpc) is 2.76. The summed E-state index contributed by atoms with van der Waals surface area (Å²) >= 11 is 0. The third kappa shape index (κ3) is 2.77. The Hall–Kier alpha value is -2.01. The smallest absolute Gasteiger partial charge is 0.221 e. The quantitative estimate of drug-likeness (QED) is 0.878. The van der Waals surface area contributed by atoms with Crippen LogP contribution in [0.15, 0.2) is 22.6 Å². The Labute approximate surface area is 118 Å². The number of carbonyl (C=O) groups is 1. The number of carbonyl (C=O) groups excluding carboxylic acids is 1. The molecule has 108 valence electrons. The molecule has 2 rings (SSSR count). The number of aryl methyl sites for hydroxylation is 1. The van der Waals surface area contributed by atoms with Gasteiger partial charge in [0.05, 0.1) is 13.2 Å². The van der Waals surface area contributed by atoms with Gasteiger partial charge in [-0.15, -0.1) is 0 Å². The van der Waals surface area contributed by atoms with Gasteiger partial charge in [0.1, 0.15) is 17.1 Å². The largest absolute Gasteiger partial charge is 0.497 e. The Bertz CT molecular complexity index is 619. The summed E-state index contributed by atoms with van der Waals surface area (Å²) in [6.45, 7) is 4.22. The summed E-state index contributed by atoms with van der Waals surface area (Å²) in [6.07, 6.45) is 0.317. The van der Waals surface area contributed by atoms with Gasteiger partial charge < -0.3 is 20.2 Å². The number of amides is 1. The van der Waals surface area contributed by atoms with Gasteiger partial charge in [0.25, 0.3) is 0 Å². The molecular formula is C15H20N2O3. The number of benzene rings is 1. The van der Waals surface area contributed by atoms with Crippen molar-refractivity contribution in [3.8, 4) is 5.75 Å². The Morgan fingerprint density at radius 1 is 1.50 bits per heavy atom. The number of nitrogens with one attached hydrogen (secondary N) is 1. The van der Waals surface area contributed by atoms with E-state index in [9.17, 15) is 4.79 Å². The number of ether oxygens (including phenoxy) is 1. The fourth-order valence-corrected chi connectivity index (χ4v) is 2.27. The molecule has 5 nitrogen and oxygen atoms in total. The molecule has 3 N–H and O–H groups in total. The van der Waals surface area contributed by atoms with E-state index < -0.39 is 0 Å². The van der Waals surface area contributed by atoms with E-state index >= 15 is 0 Å². The molecule has 1 heterocycles. The number of hydrogen-bond acceptors (Lipinski definition) is 4. The van der Waals surface area contributed by atoms with Crippen LogP contribution in [-0.4, -0.2) is 19.6 Å². The third-order valence-electron chi connectivity index (χ3n) is 3.32. The van der Waals surface area contributed by atoms with Crippen LogP contribution >= 0.6 is 0 Å². The SMILES string of the molecule is COc1ccc2oc(C(C)NC(=O)CCN)c(C)c2c1. The van der Waals surface area contributed by atoms with Crippen molar-refractivity contribution >= 4 is 16.9 Å². The monoisotopic (exact) mass is 276 g/mol. The van der Waals surface area contributed by atoms with Gasteiger partial charge in [0.2, 0.25) is 5.91 Å². The topological polar surface area (TPSA) is 77.5 Å². The molecule has 2 aromatic rings. The molecule has 5 heteroatoms. The molecule has 1 aromatic carbocycles. The maximum atomic E-state index is 11.6. The minimum absolute atomic E-state index is 0.0718. The van der Waals surface area contributed by atoms with Crippen LogP contribution in [0.4, 0.5) is 0 Å². The van der Waals surface area contributed by atoms with Crippen molar-refractivity contribution in [2.45, 2.75) is 26.3 Å². The van der Waals surface area contributed by atoms with Crippen LogP contribution in [0, 0.1) is 6.92 Å². The van der Waals surface area contributed by atoms with E-state index in [0.717, 1.165) is 28.0 Å². The summed E-state index contributed by atoms with van der Waals surface area (Å²) in [6, 6.07) is 5.48. The second-order valence-corrected chi connectivity index (χ2v) is 4.78. The fourth-order valence-electron chi connectivity index (χ4n) is 2.27. The molecule has 1 unspecified atom stereocenters. The van der Waals surface area contributed by atoms with Crippen LogP contribution in [0.5, 0.6) is 5.75 Å². The van der Waals surface area contributed by atoms with E-state index in [4.69, 9.17) is 14.9 Å². The van der Waals surface area contributed by atoms with Crippen LogP contribution in [0.2, 0.25) is 0 Å². The molecule has 0 fully saturated rings. The van der Waals surface area contributed by atoms with E-state index in [1.165, 1.54) is 0 Å². The molecular weight excluding hydrogens is 256 g/mol. The van der Waals surface area contributed by atoms with Gasteiger partial charge in [-0.2, -0.15) is 0 Å². The zero-order valence-electron chi connectivity index (χ0n) is 12.0. The molecule has 0 bridgehead atoms. The van der Waals surface area contributed by atoms with Crippen molar-refractivity contribution in [1.29, 1.82) is 0 Å². The van der Waals surface area contributed by atoms with Crippen LogP contribution in [0.3, 0.4) is 0 Å². The summed E-state index contributed by atoms with van der Waals surface area (Å²) in [7, 11) is 1.63. The van der Waals surface area contributed by atoms with Gasteiger partial charge in [-0.05, 0) is 32.0 Å². The zero-order valence-corrected chi connectivity index (χ0v) is 12.0. The Morgan fingerprint density at radius 2 is 2.25 bits per heavy atom. The summed E-state index contributed by atoms with van der Waals surface area (Å²) in [5.74, 6) is 1.48. The molecule has 1 amide bonds. The number of fused-ring (bicyclic) bond motifs is 1. The fraction of sp³-hybridized carbons (Fsp3) is 0.400. The van der Waals surface area contributed by atoms with Gasteiger partial charge in [-0.25, -0.2) is 0 Å². The summed E-state index contributed by atoms with van der Waals surface area (Å²) < 4.78 is 11.1. The van der Waals surface area contributed by atoms with Crippen LogP contribution < -0.4 is 15.8 Å². The number of methoxy groups -OCH3 is 1. The molecule has 0 saturated heterocycles. The molecule has 0 spiro atoms. The standard InChI is InChI=1S/C15H20N2O3/c1-9-12-8-11(19-3)4-5-13(12)20-15(9)10(2)17-14(18)6-7-16/h4-5,8,10H,6-7,16H2,1-3H3,(H,17,18). The third-order valence-corrected chi connectivity index (χ3v) is 3.32. The Balaban J connectivity index is 2.30. The number of hydrogen-bond donors (Lipinski definition) is 2. The van der Waals surface area contributed by atoms with Crippen LogP contribution in [-0.2, 0) is 4.79 Å². The molecule has 0 aliphatic rings. The maximum Gasteiger partial charge on any atom is 0.221 e. The second-order valence-electron chi connectivity index (χ2n) is 4.78. The van der Waals surface area contributed by atoms with E-state index in [2.05, 4.69) is 5.32 Å². The van der Waals surface area contributed by atoms with E-state index in [0.29, 0.717) is 13.0 Å². The zero-order chi connectivity index (χ0) is 14.7. The highest BCUT2D eigenvalue weighted by Crippen LogP contribution is 2.31. The van der Waals surface area contributed by atoms with Crippen molar-refractivity contribution < 1.29 is 13.9 Å². The predicted molar refractivity (Wildman–Crippen MR) is 77.7 cm³/mol. The highest BCUT2D eigenvalue weighted by Gasteiger charge is 2.18. The molecule has 0 aliphatic heterocycles. The number of nitrogens with two attached hydrogens (primary N) is 1. The van der Waals surface area contributed by atoms with Crippen molar-refractivity contribution in [2.24, 2.45) is 5.73 Å². The molecule has 1 atom stereocenters. The first-order chi connectivity index (χ1) is 9.56. The Morgan fingerprint density at radius 3 is 2.90 bits per heavy atom. The van der Waals surface area contributed by atoms with Crippen molar-refractivity contribution in [3.05, 3.63) is 29.5 Å². The minimum Gasteiger partial charge on any atom is -0.497 e. The highest BCUT2D eigenvalue weighted by molar-refractivity contribution is 5.84. The lowest BCUT2D eigenvalue weighted by molar-refractivity contribution is -0.121. The first-order valence-corrected chi connectivity index (χ1v) is 6.63. The van der Waals surface area contributed by atoms with Crippen molar-refractivity contribution in [1.82, 2.24) is 5.32 Å². The van der Waals surface area contributed by atoms with Gasteiger partial charge in [-0.1, -0.05) is 0 Å². The minimum atomic E-state index is -0.188. The predicted octanol–water partition coefficient (Wildman–Crippen LogP) is 2.28. The number of furan rings is 1. The normalized spacial score (nSPS) is 12.4. The van der Waals surface area contributed by atoms with Gasteiger partial charge in [-0.3, -0.25) is 4.79 Å². The summed E-state index contributed by atoms with van der Waals surface area (Å²) in [5, 5.41) is 3.88. The first kappa shape index (κ1) is 14.4. The Kier molecular flexibility index (Phi) is 4.29. The second kappa shape index (κ2) is 5.96.